The molecule has 0 spiro atoms. The minimum absolute atomic E-state index is 0.360. The molecule has 1 aliphatic rings. The number of rotatable bonds is 4. The van der Waals surface area contributed by atoms with Gasteiger partial charge in [-0.2, -0.15) is 0 Å². The van der Waals surface area contributed by atoms with Gasteiger partial charge in [-0.05, 0) is 109 Å². The normalized spacial score (nSPS) is 13.2. The summed E-state index contributed by atoms with van der Waals surface area (Å²) in [5, 5.41) is 10.2. The molecule has 0 aliphatic heterocycles. The Morgan fingerprint density at radius 2 is 0.754 bits per heavy atom. The molecular formula is C59H40N2. The fourth-order valence-corrected chi connectivity index (χ4v) is 11.2. The number of hydrogen-bond acceptors (Lipinski definition) is 0. The molecule has 10 aromatic carbocycles. The molecule has 0 radical (unpaired) electrons. The number of aromatic nitrogens is 2. The van der Waals surface area contributed by atoms with E-state index in [-0.39, 0.29) is 5.41 Å². The largest absolute Gasteiger partial charge is 0.309 e. The molecule has 2 aromatic heterocycles. The first-order valence-corrected chi connectivity index (χ1v) is 21.4. The summed E-state index contributed by atoms with van der Waals surface area (Å²) in [6, 6.07) is 76.3. The van der Waals surface area contributed by atoms with Crippen LogP contribution in [0.25, 0.3) is 110 Å². The van der Waals surface area contributed by atoms with Crippen molar-refractivity contribution in [3.63, 3.8) is 0 Å². The van der Waals surface area contributed by atoms with Crippen LogP contribution in [0.1, 0.15) is 25.0 Å². The summed E-state index contributed by atoms with van der Waals surface area (Å²) >= 11 is 0. The minimum Gasteiger partial charge on any atom is -0.309 e. The Kier molecular flexibility index (Phi) is 7.10. The molecule has 2 nitrogen and oxygen atoms in total. The zero-order valence-electron chi connectivity index (χ0n) is 34.0. The monoisotopic (exact) mass is 776 g/mol. The highest BCUT2D eigenvalue weighted by Crippen LogP contribution is 2.60. The van der Waals surface area contributed by atoms with Crippen LogP contribution in [0.15, 0.2) is 206 Å². The van der Waals surface area contributed by atoms with Crippen molar-refractivity contribution >= 4 is 65.2 Å². The third-order valence-corrected chi connectivity index (χ3v) is 13.6. The third-order valence-electron chi connectivity index (χ3n) is 13.6. The molecule has 0 amide bonds. The molecule has 286 valence electrons. The van der Waals surface area contributed by atoms with Gasteiger partial charge in [0.05, 0.1) is 22.1 Å². The summed E-state index contributed by atoms with van der Waals surface area (Å²) in [5.74, 6) is 0. The Labute approximate surface area is 354 Å². The second-order valence-corrected chi connectivity index (χ2v) is 17.2. The molecule has 0 saturated heterocycles. The van der Waals surface area contributed by atoms with Gasteiger partial charge in [0.25, 0.3) is 0 Å². The molecule has 0 atom stereocenters. The Balaban J connectivity index is 1.31. The zero-order chi connectivity index (χ0) is 40.4. The van der Waals surface area contributed by atoms with E-state index in [0.29, 0.717) is 0 Å². The van der Waals surface area contributed by atoms with Crippen LogP contribution in [-0.2, 0) is 5.41 Å². The highest BCUT2D eigenvalue weighted by Gasteiger charge is 2.42. The van der Waals surface area contributed by atoms with Gasteiger partial charge < -0.3 is 9.13 Å². The number of fused-ring (bicyclic) bond motifs is 14. The predicted octanol–water partition coefficient (Wildman–Crippen LogP) is 15.8. The molecule has 61 heavy (non-hydrogen) atoms. The van der Waals surface area contributed by atoms with Crippen molar-refractivity contribution in [2.45, 2.75) is 19.3 Å². The van der Waals surface area contributed by atoms with Crippen LogP contribution in [-0.4, -0.2) is 9.13 Å². The van der Waals surface area contributed by atoms with Gasteiger partial charge in [-0.3, -0.25) is 0 Å². The van der Waals surface area contributed by atoms with E-state index in [0.717, 1.165) is 11.4 Å². The molecule has 2 heterocycles. The van der Waals surface area contributed by atoms with Crippen molar-refractivity contribution in [1.82, 2.24) is 9.13 Å². The standard InChI is InChI=1S/C59H40N2/c1-59(2)48-36-46-45(51(37-21-7-3-8-22-37)41-29-15-16-30-42(41)52(46)38-23-9-4-10-24-38)35-47(48)54-56(59)53-43-31-17-19-33-49(43)60(39-25-11-5-12-26-39)57(53)55-44-32-18-20-34-50(44)61(58(54)55)40-27-13-6-14-28-40/h3-36H,1-2H3. The van der Waals surface area contributed by atoms with Crippen LogP contribution < -0.4 is 0 Å². The maximum absolute atomic E-state index is 2.58. The van der Waals surface area contributed by atoms with E-state index in [4.69, 9.17) is 0 Å². The van der Waals surface area contributed by atoms with E-state index < -0.39 is 0 Å². The van der Waals surface area contributed by atoms with Crippen LogP contribution in [0.3, 0.4) is 0 Å². The Morgan fingerprint density at radius 3 is 1.28 bits per heavy atom. The lowest BCUT2D eigenvalue weighted by atomic mass is 9.78. The maximum Gasteiger partial charge on any atom is 0.0644 e. The van der Waals surface area contributed by atoms with E-state index in [1.807, 2.05) is 0 Å². The van der Waals surface area contributed by atoms with E-state index in [9.17, 15) is 0 Å². The first kappa shape index (κ1) is 34.2. The summed E-state index contributed by atoms with van der Waals surface area (Å²) < 4.78 is 5.09. The van der Waals surface area contributed by atoms with Gasteiger partial charge in [0.1, 0.15) is 0 Å². The van der Waals surface area contributed by atoms with Crippen molar-refractivity contribution in [1.29, 1.82) is 0 Å². The van der Waals surface area contributed by atoms with Crippen LogP contribution in [0.5, 0.6) is 0 Å². The predicted molar refractivity (Wildman–Crippen MR) is 259 cm³/mol. The Bertz CT molecular complexity index is 3740. The number of hydrogen-bond donors (Lipinski definition) is 0. The molecule has 0 saturated carbocycles. The van der Waals surface area contributed by atoms with Gasteiger partial charge >= 0.3 is 0 Å². The first-order valence-electron chi connectivity index (χ1n) is 21.4. The average molecular weight is 777 g/mol. The quantitative estimate of drug-likeness (QED) is 0.158. The van der Waals surface area contributed by atoms with Crippen molar-refractivity contribution in [3.8, 4) is 44.8 Å². The van der Waals surface area contributed by atoms with Crippen LogP contribution >= 0.6 is 0 Å². The number of benzene rings is 10. The SMILES string of the molecule is CC1(C)c2cc3c(-c4ccccc4)c4ccccc4c(-c4ccccc4)c3cc2-c2c1c1c3ccccc3n(-c3ccccc3)c1c1c3ccccc3n(-c3ccccc3)c21. The number of nitrogens with zero attached hydrogens (tertiary/aromatic N) is 2. The van der Waals surface area contributed by atoms with Crippen molar-refractivity contribution in [3.05, 3.63) is 217 Å². The van der Waals surface area contributed by atoms with Gasteiger partial charge in [0.15, 0.2) is 0 Å². The Hall–Kier alpha value is -7.68. The van der Waals surface area contributed by atoms with Gasteiger partial charge in [0.2, 0.25) is 0 Å². The molecular weight excluding hydrogens is 737 g/mol. The molecule has 0 bridgehead atoms. The molecule has 13 rings (SSSR count). The Morgan fingerprint density at radius 1 is 0.344 bits per heavy atom. The third kappa shape index (κ3) is 4.62. The van der Waals surface area contributed by atoms with E-state index in [1.165, 1.54) is 110 Å². The summed E-state index contributed by atoms with van der Waals surface area (Å²) in [4.78, 5) is 0. The van der Waals surface area contributed by atoms with Gasteiger partial charge in [-0.1, -0.05) is 172 Å². The van der Waals surface area contributed by atoms with E-state index >= 15 is 0 Å². The molecule has 0 N–H and O–H groups in total. The fraction of sp³-hybridized carbons (Fsp3) is 0.0508. The van der Waals surface area contributed by atoms with Gasteiger partial charge in [-0.15, -0.1) is 0 Å². The molecule has 1 aliphatic carbocycles. The van der Waals surface area contributed by atoms with Gasteiger partial charge in [0, 0.05) is 43.9 Å². The average Bonchev–Trinajstić information content (AvgIpc) is 3.91. The molecule has 12 aromatic rings. The highest BCUT2D eigenvalue weighted by molar-refractivity contribution is 6.32. The van der Waals surface area contributed by atoms with Crippen molar-refractivity contribution in [2.75, 3.05) is 0 Å². The maximum atomic E-state index is 2.58. The minimum atomic E-state index is -0.360. The first-order chi connectivity index (χ1) is 30.1. The second kappa shape index (κ2) is 12.7. The highest BCUT2D eigenvalue weighted by atomic mass is 15.0. The lowest BCUT2D eigenvalue weighted by molar-refractivity contribution is 0.667. The van der Waals surface area contributed by atoms with Crippen LogP contribution in [0.4, 0.5) is 0 Å². The van der Waals surface area contributed by atoms with Crippen molar-refractivity contribution < 1.29 is 0 Å². The van der Waals surface area contributed by atoms with E-state index in [2.05, 4.69) is 229 Å². The summed E-state index contributed by atoms with van der Waals surface area (Å²) in [5.41, 5.74) is 17.3. The smallest absolute Gasteiger partial charge is 0.0644 e. The lowest BCUT2D eigenvalue weighted by Gasteiger charge is -2.25. The molecule has 0 unspecified atom stereocenters. The van der Waals surface area contributed by atoms with Crippen LogP contribution in [0.2, 0.25) is 0 Å². The zero-order valence-corrected chi connectivity index (χ0v) is 34.0. The topological polar surface area (TPSA) is 9.86 Å². The summed E-state index contributed by atoms with van der Waals surface area (Å²) in [6.07, 6.45) is 0. The summed E-state index contributed by atoms with van der Waals surface area (Å²) in [7, 11) is 0. The van der Waals surface area contributed by atoms with Crippen LogP contribution in [0, 0.1) is 0 Å². The summed E-state index contributed by atoms with van der Waals surface area (Å²) in [6.45, 7) is 4.94. The lowest BCUT2D eigenvalue weighted by Crippen LogP contribution is -2.16. The molecule has 0 fully saturated rings. The molecule has 2 heteroatoms. The van der Waals surface area contributed by atoms with Crippen molar-refractivity contribution in [2.24, 2.45) is 0 Å². The number of para-hydroxylation sites is 4. The van der Waals surface area contributed by atoms with E-state index in [1.54, 1.807) is 0 Å². The van der Waals surface area contributed by atoms with Gasteiger partial charge in [-0.25, -0.2) is 0 Å². The fourth-order valence-electron chi connectivity index (χ4n) is 11.2. The second-order valence-electron chi connectivity index (χ2n) is 17.2.